The van der Waals surface area contributed by atoms with E-state index in [1.807, 2.05) is 25.1 Å². The third kappa shape index (κ3) is 6.82. The maximum atomic E-state index is 11.9. The summed E-state index contributed by atoms with van der Waals surface area (Å²) in [6, 6.07) is 5.69. The number of aryl methyl sites for hydroxylation is 1. The van der Waals surface area contributed by atoms with Gasteiger partial charge in [-0.15, -0.1) is 18.3 Å². The number of carbonyl (C=O) groups excluding carboxylic acids is 3. The quantitative estimate of drug-likeness (QED) is 0.235. The van der Waals surface area contributed by atoms with Crippen molar-refractivity contribution < 1.29 is 38.1 Å². The fraction of sp³-hybridized carbons (Fsp3) is 0.522. The van der Waals surface area contributed by atoms with Crippen LogP contribution in [-0.4, -0.2) is 54.5 Å². The van der Waals surface area contributed by atoms with Crippen LogP contribution in [-0.2, 0) is 44.7 Å². The monoisotopic (exact) mass is 466 g/mol. The molecule has 0 amide bonds. The van der Waals surface area contributed by atoms with E-state index in [9.17, 15) is 14.4 Å². The summed E-state index contributed by atoms with van der Waals surface area (Å²) < 4.78 is 28.3. The first-order valence-electron chi connectivity index (χ1n) is 10.2. The van der Waals surface area contributed by atoms with Gasteiger partial charge in [0, 0.05) is 20.8 Å². The van der Waals surface area contributed by atoms with Gasteiger partial charge in [0.2, 0.25) is 0 Å². The zero-order valence-corrected chi connectivity index (χ0v) is 19.8. The SMILES string of the molecule is C=CCOCc1cc([C@@H]2O[C@H](SC)[C@@H](OC(C)=O)[C@H](OC(C)=O)[C@H]2OC(C)=O)ccc1C. The van der Waals surface area contributed by atoms with Crippen LogP contribution in [0.25, 0.3) is 0 Å². The van der Waals surface area contributed by atoms with Crippen LogP contribution in [0.3, 0.4) is 0 Å². The van der Waals surface area contributed by atoms with Crippen molar-refractivity contribution in [2.75, 3.05) is 12.9 Å². The average molecular weight is 467 g/mol. The first-order chi connectivity index (χ1) is 15.2. The van der Waals surface area contributed by atoms with E-state index in [2.05, 4.69) is 6.58 Å². The summed E-state index contributed by atoms with van der Waals surface area (Å²) in [5.41, 5.74) is 2.02. The van der Waals surface area contributed by atoms with Gasteiger partial charge >= 0.3 is 17.9 Å². The zero-order valence-electron chi connectivity index (χ0n) is 19.0. The van der Waals surface area contributed by atoms with Crippen LogP contribution in [0.4, 0.5) is 0 Å². The zero-order chi connectivity index (χ0) is 23.8. The van der Waals surface area contributed by atoms with Gasteiger partial charge in [-0.25, -0.2) is 0 Å². The molecule has 8 nitrogen and oxygen atoms in total. The molecule has 176 valence electrons. The van der Waals surface area contributed by atoms with Crippen LogP contribution in [0.1, 0.15) is 43.6 Å². The first-order valence-corrected chi connectivity index (χ1v) is 11.4. The first kappa shape index (κ1) is 25.9. The molecule has 0 aliphatic carbocycles. The molecule has 1 aliphatic heterocycles. The summed E-state index contributed by atoms with van der Waals surface area (Å²) in [7, 11) is 0. The van der Waals surface area contributed by atoms with E-state index in [4.69, 9.17) is 23.7 Å². The molecule has 0 spiro atoms. The van der Waals surface area contributed by atoms with Crippen molar-refractivity contribution in [3.05, 3.63) is 47.5 Å². The summed E-state index contributed by atoms with van der Waals surface area (Å²) in [5, 5.41) is 0. The molecule has 0 unspecified atom stereocenters. The molecular formula is C23H30O8S. The van der Waals surface area contributed by atoms with Crippen LogP contribution in [0.5, 0.6) is 0 Å². The van der Waals surface area contributed by atoms with E-state index in [1.54, 1.807) is 12.3 Å². The van der Waals surface area contributed by atoms with Gasteiger partial charge in [0.25, 0.3) is 0 Å². The number of hydrogen-bond donors (Lipinski definition) is 0. The lowest BCUT2D eigenvalue weighted by molar-refractivity contribution is -0.233. The summed E-state index contributed by atoms with van der Waals surface area (Å²) in [5.74, 6) is -1.73. The summed E-state index contributed by atoms with van der Waals surface area (Å²) in [4.78, 5) is 35.6. The Morgan fingerprint density at radius 1 is 1.03 bits per heavy atom. The number of esters is 3. The molecule has 1 fully saturated rings. The van der Waals surface area contributed by atoms with Crippen molar-refractivity contribution in [1.82, 2.24) is 0 Å². The molecular weight excluding hydrogens is 436 g/mol. The molecule has 32 heavy (non-hydrogen) atoms. The second-order valence-corrected chi connectivity index (χ2v) is 8.31. The Morgan fingerprint density at radius 3 is 2.19 bits per heavy atom. The second kappa shape index (κ2) is 12.0. The van der Waals surface area contributed by atoms with Crippen molar-refractivity contribution in [3.63, 3.8) is 0 Å². The van der Waals surface area contributed by atoms with Crippen LogP contribution in [0.2, 0.25) is 0 Å². The van der Waals surface area contributed by atoms with Gasteiger partial charge in [0.15, 0.2) is 18.3 Å². The summed E-state index contributed by atoms with van der Waals surface area (Å²) in [6.45, 7) is 10.1. The molecule has 1 heterocycles. The largest absolute Gasteiger partial charge is 0.455 e. The Labute approximate surface area is 192 Å². The number of benzene rings is 1. The Bertz CT molecular complexity index is 839. The molecule has 2 rings (SSSR count). The molecule has 0 saturated carbocycles. The minimum absolute atomic E-state index is 0.367. The molecule has 9 heteroatoms. The predicted molar refractivity (Wildman–Crippen MR) is 119 cm³/mol. The number of ether oxygens (including phenoxy) is 5. The van der Waals surface area contributed by atoms with Gasteiger partial charge in [0.1, 0.15) is 11.5 Å². The van der Waals surface area contributed by atoms with E-state index in [-0.39, 0.29) is 0 Å². The highest BCUT2D eigenvalue weighted by molar-refractivity contribution is 7.99. The second-order valence-electron chi connectivity index (χ2n) is 7.37. The lowest BCUT2D eigenvalue weighted by atomic mass is 9.92. The van der Waals surface area contributed by atoms with Gasteiger partial charge in [-0.2, -0.15) is 0 Å². The fourth-order valence-electron chi connectivity index (χ4n) is 3.51. The summed E-state index contributed by atoms with van der Waals surface area (Å²) in [6.07, 6.45) is -0.313. The number of thioether (sulfide) groups is 1. The lowest BCUT2D eigenvalue weighted by Gasteiger charge is -2.44. The van der Waals surface area contributed by atoms with Crippen LogP contribution in [0.15, 0.2) is 30.9 Å². The van der Waals surface area contributed by atoms with Crippen LogP contribution in [0, 0.1) is 6.92 Å². The third-order valence-electron chi connectivity index (χ3n) is 4.83. The lowest BCUT2D eigenvalue weighted by Crippen LogP contribution is -2.57. The van der Waals surface area contributed by atoms with E-state index < -0.39 is 47.8 Å². The van der Waals surface area contributed by atoms with Crippen molar-refractivity contribution >= 4 is 29.7 Å². The smallest absolute Gasteiger partial charge is 0.303 e. The molecule has 0 aromatic heterocycles. The Morgan fingerprint density at radius 2 is 1.62 bits per heavy atom. The van der Waals surface area contributed by atoms with E-state index in [1.165, 1.54) is 32.5 Å². The van der Waals surface area contributed by atoms with Crippen molar-refractivity contribution in [1.29, 1.82) is 0 Å². The van der Waals surface area contributed by atoms with E-state index >= 15 is 0 Å². The minimum atomic E-state index is -1.04. The maximum Gasteiger partial charge on any atom is 0.303 e. The van der Waals surface area contributed by atoms with Crippen LogP contribution >= 0.6 is 11.8 Å². The van der Waals surface area contributed by atoms with E-state index in [0.717, 1.165) is 16.7 Å². The predicted octanol–water partition coefficient (Wildman–Crippen LogP) is 3.25. The Hall–Kier alpha value is -2.36. The number of rotatable bonds is 9. The molecule has 1 aromatic rings. The molecule has 0 radical (unpaired) electrons. The van der Waals surface area contributed by atoms with Crippen molar-refractivity contribution in [3.8, 4) is 0 Å². The highest BCUT2D eigenvalue weighted by Crippen LogP contribution is 2.40. The Kier molecular flexibility index (Phi) is 9.74. The Balaban J connectivity index is 2.50. The molecule has 1 aliphatic rings. The maximum absolute atomic E-state index is 11.9. The minimum Gasteiger partial charge on any atom is -0.455 e. The van der Waals surface area contributed by atoms with Gasteiger partial charge in [-0.3, -0.25) is 14.4 Å². The highest BCUT2D eigenvalue weighted by Gasteiger charge is 2.52. The average Bonchev–Trinajstić information content (AvgIpc) is 2.71. The van der Waals surface area contributed by atoms with Gasteiger partial charge < -0.3 is 23.7 Å². The molecule has 5 atom stereocenters. The van der Waals surface area contributed by atoms with Gasteiger partial charge in [0.05, 0.1) is 13.2 Å². The van der Waals surface area contributed by atoms with Gasteiger partial charge in [-0.1, -0.05) is 24.3 Å². The van der Waals surface area contributed by atoms with Crippen molar-refractivity contribution in [2.45, 2.75) is 64.2 Å². The van der Waals surface area contributed by atoms with Gasteiger partial charge in [-0.05, 0) is 29.9 Å². The summed E-state index contributed by atoms with van der Waals surface area (Å²) >= 11 is 1.30. The molecule has 1 saturated heterocycles. The number of hydrogen-bond acceptors (Lipinski definition) is 9. The standard InChI is InChI=1S/C23H30O8S/c1-7-10-27-12-18-11-17(9-8-13(18)2)19-20(28-14(3)24)21(29-15(4)25)22(30-16(5)26)23(31-19)32-6/h7-9,11,19-23H,1,10,12H2,2-6H3/t19-,20-,21+,22-,23+/m0/s1. The molecule has 0 N–H and O–H groups in total. The normalized spacial score (nSPS) is 25.0. The highest BCUT2D eigenvalue weighted by atomic mass is 32.2. The topological polar surface area (TPSA) is 97.4 Å². The van der Waals surface area contributed by atoms with Crippen LogP contribution < -0.4 is 0 Å². The van der Waals surface area contributed by atoms with Crippen molar-refractivity contribution in [2.24, 2.45) is 0 Å². The number of carbonyl (C=O) groups is 3. The molecule has 1 aromatic carbocycles. The van der Waals surface area contributed by atoms with E-state index in [0.29, 0.717) is 13.2 Å². The fourth-order valence-corrected chi connectivity index (χ4v) is 4.22. The third-order valence-corrected chi connectivity index (χ3v) is 5.67. The molecule has 0 bridgehead atoms.